The van der Waals surface area contributed by atoms with Gasteiger partial charge in [0.2, 0.25) is 0 Å². The van der Waals surface area contributed by atoms with Gasteiger partial charge in [-0.15, -0.1) is 0 Å². The van der Waals surface area contributed by atoms with Crippen molar-refractivity contribution in [3.63, 3.8) is 0 Å². The van der Waals surface area contributed by atoms with Crippen LogP contribution in [0, 0.1) is 0 Å². The van der Waals surface area contributed by atoms with E-state index in [1.54, 1.807) is 19.1 Å². The maximum Gasteiger partial charge on any atom is 0.175 e. The molecule has 0 radical (unpaired) electrons. The zero-order valence-corrected chi connectivity index (χ0v) is 18.4. The number of fused-ring (bicyclic) bond motifs is 1. The molecule has 0 spiro atoms. The van der Waals surface area contributed by atoms with Crippen LogP contribution in [0.25, 0.3) is 0 Å². The highest BCUT2D eigenvalue weighted by atomic mass is 32.2. The molecule has 5 atom stereocenters. The van der Waals surface area contributed by atoms with Crippen LogP contribution < -0.4 is 4.74 Å². The van der Waals surface area contributed by atoms with Crippen LogP contribution in [0.4, 0.5) is 0 Å². The second-order valence-electron chi connectivity index (χ2n) is 8.44. The molecule has 1 saturated heterocycles. The summed E-state index contributed by atoms with van der Waals surface area (Å²) in [5.41, 5.74) is 3.20. The normalized spacial score (nSPS) is 28.6. The number of hydrogen-bond acceptors (Lipinski definition) is 7. The van der Waals surface area contributed by atoms with Gasteiger partial charge in [-0.05, 0) is 60.6 Å². The first-order valence-corrected chi connectivity index (χ1v) is 12.3. The zero-order chi connectivity index (χ0) is 22.3. The number of ether oxygens (including phenoxy) is 2. The fraction of sp³-hybridized carbons (Fsp3) is 0.478. The van der Waals surface area contributed by atoms with Crippen molar-refractivity contribution in [3.8, 4) is 5.75 Å². The van der Waals surface area contributed by atoms with Crippen LogP contribution in [0.2, 0.25) is 0 Å². The summed E-state index contributed by atoms with van der Waals surface area (Å²) in [7, 11) is -3.48. The summed E-state index contributed by atoms with van der Waals surface area (Å²) in [5.74, 6) is 0.868. The summed E-state index contributed by atoms with van der Waals surface area (Å²) >= 11 is 0. The monoisotopic (exact) mass is 448 g/mol. The third-order valence-corrected chi connectivity index (χ3v) is 7.23. The number of aliphatic hydroxyl groups excluding tert-OH is 3. The highest BCUT2D eigenvalue weighted by Gasteiger charge is 2.42. The molecular weight excluding hydrogens is 420 g/mol. The van der Waals surface area contributed by atoms with Gasteiger partial charge in [0.15, 0.2) is 9.84 Å². The number of benzene rings is 2. The largest absolute Gasteiger partial charge is 0.493 e. The molecule has 31 heavy (non-hydrogen) atoms. The van der Waals surface area contributed by atoms with Crippen LogP contribution in [0.15, 0.2) is 41.3 Å². The summed E-state index contributed by atoms with van der Waals surface area (Å²) in [5, 5.41) is 30.6. The molecule has 2 aromatic carbocycles. The van der Waals surface area contributed by atoms with Crippen LogP contribution in [0.1, 0.15) is 41.7 Å². The molecular formula is C23H28O7S. The van der Waals surface area contributed by atoms with Gasteiger partial charge in [0.05, 0.1) is 17.6 Å². The Labute approximate surface area is 182 Å². The summed E-state index contributed by atoms with van der Waals surface area (Å²) in [6.45, 7) is 2.32. The van der Waals surface area contributed by atoms with Crippen LogP contribution in [-0.2, 0) is 27.4 Å². The highest BCUT2D eigenvalue weighted by molar-refractivity contribution is 7.90. The Kier molecular flexibility index (Phi) is 6.11. The molecule has 2 aromatic rings. The average Bonchev–Trinajstić information content (AvgIpc) is 2.74. The highest BCUT2D eigenvalue weighted by Crippen LogP contribution is 2.35. The molecule has 0 saturated carbocycles. The number of hydrogen-bond donors (Lipinski definition) is 3. The van der Waals surface area contributed by atoms with Gasteiger partial charge in [-0.25, -0.2) is 8.42 Å². The quantitative estimate of drug-likeness (QED) is 0.650. The topological polar surface area (TPSA) is 113 Å². The van der Waals surface area contributed by atoms with E-state index in [4.69, 9.17) is 9.47 Å². The average molecular weight is 449 g/mol. The van der Waals surface area contributed by atoms with Gasteiger partial charge < -0.3 is 24.8 Å². The molecule has 0 unspecified atom stereocenters. The maximum absolute atomic E-state index is 12.4. The lowest BCUT2D eigenvalue weighted by Crippen LogP contribution is -2.53. The Balaban J connectivity index is 1.71. The van der Waals surface area contributed by atoms with Gasteiger partial charge in [-0.1, -0.05) is 24.3 Å². The van der Waals surface area contributed by atoms with Crippen LogP contribution in [0.3, 0.4) is 0 Å². The maximum atomic E-state index is 12.4. The van der Waals surface area contributed by atoms with Crippen molar-refractivity contribution in [1.82, 2.24) is 0 Å². The third kappa shape index (κ3) is 4.49. The molecule has 8 heteroatoms. The Hall–Kier alpha value is -1.97. The van der Waals surface area contributed by atoms with E-state index in [-0.39, 0.29) is 4.90 Å². The van der Waals surface area contributed by atoms with E-state index in [1.807, 2.05) is 18.2 Å². The fourth-order valence-corrected chi connectivity index (χ4v) is 5.27. The second-order valence-corrected chi connectivity index (χ2v) is 10.4. The predicted molar refractivity (Wildman–Crippen MR) is 114 cm³/mol. The molecule has 2 aliphatic heterocycles. The van der Waals surface area contributed by atoms with Gasteiger partial charge in [0.1, 0.15) is 30.2 Å². The molecule has 1 fully saturated rings. The van der Waals surface area contributed by atoms with Crippen LogP contribution in [0.5, 0.6) is 5.75 Å². The van der Waals surface area contributed by atoms with Crippen molar-refractivity contribution in [2.45, 2.75) is 61.6 Å². The first kappa shape index (κ1) is 22.2. The Morgan fingerprint density at radius 2 is 1.81 bits per heavy atom. The molecule has 2 aliphatic rings. The molecule has 0 bridgehead atoms. The van der Waals surface area contributed by atoms with Crippen molar-refractivity contribution in [2.75, 3.05) is 12.9 Å². The standard InChI is InChI=1S/C23H28O7S/c1-13-20(24)21(25)22(26)23(30-13)16-6-8-19(31(2,27)28)17(12-16)11-14-5-7-18-15(10-14)4-3-9-29-18/h5-8,10,12-13,20-26H,3-4,9,11H2,1-2H3/t13-,20-,21+,22-,23+/m1/s1. The van der Waals surface area contributed by atoms with Crippen molar-refractivity contribution in [1.29, 1.82) is 0 Å². The van der Waals surface area contributed by atoms with Crippen LogP contribution >= 0.6 is 0 Å². The number of sulfone groups is 1. The van der Waals surface area contributed by atoms with Crippen molar-refractivity contribution < 1.29 is 33.2 Å². The number of aryl methyl sites for hydroxylation is 1. The molecule has 3 N–H and O–H groups in total. The van der Waals surface area contributed by atoms with Gasteiger partial charge in [0, 0.05) is 6.26 Å². The second kappa shape index (κ2) is 8.52. The molecule has 0 aromatic heterocycles. The minimum Gasteiger partial charge on any atom is -0.493 e. The molecule has 0 amide bonds. The fourth-order valence-electron chi connectivity index (χ4n) is 4.35. The molecule has 7 nitrogen and oxygen atoms in total. The van der Waals surface area contributed by atoms with E-state index in [9.17, 15) is 23.7 Å². The summed E-state index contributed by atoms with van der Waals surface area (Å²) in [6.07, 6.45) is -2.02. The SMILES string of the molecule is C[C@H]1O[C@@H](c2ccc(S(C)(=O)=O)c(Cc3ccc4c(c3)CCCO4)c2)[C@H](O)[C@@H](O)[C@@H]1O. The van der Waals surface area contributed by atoms with Gasteiger partial charge >= 0.3 is 0 Å². The Morgan fingerprint density at radius 3 is 2.55 bits per heavy atom. The number of aliphatic hydroxyl groups is 3. The van der Waals surface area contributed by atoms with Crippen molar-refractivity contribution in [3.05, 3.63) is 58.7 Å². The van der Waals surface area contributed by atoms with Crippen molar-refractivity contribution >= 4 is 9.84 Å². The lowest BCUT2D eigenvalue weighted by molar-refractivity contribution is -0.219. The van der Waals surface area contributed by atoms with E-state index < -0.39 is 40.4 Å². The lowest BCUT2D eigenvalue weighted by Gasteiger charge is -2.39. The molecule has 168 valence electrons. The van der Waals surface area contributed by atoms with E-state index in [2.05, 4.69) is 0 Å². The van der Waals surface area contributed by atoms with Gasteiger partial charge in [0.25, 0.3) is 0 Å². The summed E-state index contributed by atoms with van der Waals surface area (Å²) in [4.78, 5) is 0.212. The van der Waals surface area contributed by atoms with Gasteiger partial charge in [-0.3, -0.25) is 0 Å². The predicted octanol–water partition coefficient (Wildman–Crippen LogP) is 1.55. The van der Waals surface area contributed by atoms with Crippen LogP contribution in [-0.4, -0.2) is 61.0 Å². The number of rotatable bonds is 4. The summed E-state index contributed by atoms with van der Waals surface area (Å²) in [6, 6.07) is 10.7. The first-order chi connectivity index (χ1) is 14.6. The molecule has 0 aliphatic carbocycles. The Bertz CT molecular complexity index is 1070. The molecule has 4 rings (SSSR count). The molecule has 2 heterocycles. The third-order valence-electron chi connectivity index (χ3n) is 6.03. The Morgan fingerprint density at radius 1 is 1.03 bits per heavy atom. The van der Waals surface area contributed by atoms with E-state index in [0.29, 0.717) is 24.2 Å². The van der Waals surface area contributed by atoms with E-state index in [1.165, 1.54) is 12.3 Å². The minimum absolute atomic E-state index is 0.212. The zero-order valence-electron chi connectivity index (χ0n) is 17.6. The van der Waals surface area contributed by atoms with Crippen molar-refractivity contribution in [2.24, 2.45) is 0 Å². The first-order valence-electron chi connectivity index (χ1n) is 10.4. The van der Waals surface area contributed by atoms with Gasteiger partial charge in [-0.2, -0.15) is 0 Å². The smallest absolute Gasteiger partial charge is 0.175 e. The summed E-state index contributed by atoms with van der Waals surface area (Å²) < 4.78 is 36.2. The lowest BCUT2D eigenvalue weighted by atomic mass is 9.90. The van der Waals surface area contributed by atoms with E-state index in [0.717, 1.165) is 29.7 Å². The minimum atomic E-state index is -3.48. The van der Waals surface area contributed by atoms with E-state index >= 15 is 0 Å².